The smallest absolute Gasteiger partial charge is 0.181 e. The Labute approximate surface area is 194 Å². The molecule has 0 amide bonds. The Bertz CT molecular complexity index is 1230. The van der Waals surface area contributed by atoms with Crippen LogP contribution in [0.2, 0.25) is 0 Å². The maximum atomic E-state index is 12.0. The molecule has 7 nitrogen and oxygen atoms in total. The normalized spacial score (nSPS) is 18.4. The number of nitrogens with zero attached hydrogens (tertiary/aromatic N) is 3. The highest BCUT2D eigenvalue weighted by Crippen LogP contribution is 2.38. The van der Waals surface area contributed by atoms with Gasteiger partial charge < -0.3 is 9.47 Å². The number of benzene rings is 2. The quantitative estimate of drug-likeness (QED) is 0.543. The van der Waals surface area contributed by atoms with Crippen molar-refractivity contribution in [2.45, 2.75) is 37.2 Å². The van der Waals surface area contributed by atoms with Crippen LogP contribution >= 0.6 is 0 Å². The minimum atomic E-state index is -3.30. The van der Waals surface area contributed by atoms with Crippen molar-refractivity contribution < 1.29 is 17.9 Å². The van der Waals surface area contributed by atoms with Crippen LogP contribution in [-0.4, -0.2) is 48.8 Å². The zero-order chi connectivity index (χ0) is 22.8. The van der Waals surface area contributed by atoms with Crippen molar-refractivity contribution in [3.8, 4) is 22.9 Å². The molecule has 0 N–H and O–H groups in total. The van der Waals surface area contributed by atoms with E-state index < -0.39 is 9.84 Å². The van der Waals surface area contributed by atoms with E-state index in [0.717, 1.165) is 43.0 Å². The molecule has 1 atom stereocenters. The van der Waals surface area contributed by atoms with E-state index in [2.05, 4.69) is 39.1 Å². The summed E-state index contributed by atoms with van der Waals surface area (Å²) in [5.41, 5.74) is 3.35. The van der Waals surface area contributed by atoms with Gasteiger partial charge in [0, 0.05) is 30.5 Å². The van der Waals surface area contributed by atoms with Crippen LogP contribution in [0.4, 0.5) is 0 Å². The van der Waals surface area contributed by atoms with Gasteiger partial charge in [-0.05, 0) is 42.6 Å². The first kappa shape index (κ1) is 21.9. The first-order valence-electron chi connectivity index (χ1n) is 11.3. The minimum Gasteiger partial charge on any atom is -0.486 e. The van der Waals surface area contributed by atoms with Gasteiger partial charge in [-0.15, -0.1) is 0 Å². The van der Waals surface area contributed by atoms with Gasteiger partial charge in [0.15, 0.2) is 27.2 Å². The van der Waals surface area contributed by atoms with Crippen molar-refractivity contribution in [2.24, 2.45) is 0 Å². The summed E-state index contributed by atoms with van der Waals surface area (Å²) < 4.78 is 35.4. The predicted octanol–water partition coefficient (Wildman–Crippen LogP) is 4.05. The van der Waals surface area contributed by atoms with Gasteiger partial charge in [-0.3, -0.25) is 4.90 Å². The van der Waals surface area contributed by atoms with Gasteiger partial charge in [-0.25, -0.2) is 18.4 Å². The van der Waals surface area contributed by atoms with Gasteiger partial charge >= 0.3 is 0 Å². The molecule has 2 aliphatic rings. The summed E-state index contributed by atoms with van der Waals surface area (Å²) in [6, 6.07) is 14.8. The Morgan fingerprint density at radius 2 is 1.73 bits per heavy atom. The van der Waals surface area contributed by atoms with Gasteiger partial charge in [-0.1, -0.05) is 37.3 Å². The van der Waals surface area contributed by atoms with Crippen molar-refractivity contribution in [2.75, 3.05) is 25.5 Å². The number of aromatic nitrogens is 2. The van der Waals surface area contributed by atoms with Crippen molar-refractivity contribution >= 4 is 9.84 Å². The maximum absolute atomic E-state index is 12.0. The second-order valence-electron chi connectivity index (χ2n) is 8.37. The average Bonchev–Trinajstić information content (AvgIpc) is 3.32. The molecule has 0 radical (unpaired) electrons. The fraction of sp³-hybridized carbons (Fsp3) is 0.360. The van der Waals surface area contributed by atoms with E-state index >= 15 is 0 Å². The van der Waals surface area contributed by atoms with Crippen LogP contribution in [0.25, 0.3) is 11.4 Å². The third-order valence-electron chi connectivity index (χ3n) is 6.28. The number of sulfone groups is 1. The molecule has 1 fully saturated rings. The molecule has 3 aromatic rings. The van der Waals surface area contributed by atoms with E-state index in [1.54, 1.807) is 6.92 Å². The molecule has 1 saturated heterocycles. The lowest BCUT2D eigenvalue weighted by atomic mass is 10.0. The lowest BCUT2D eigenvalue weighted by Crippen LogP contribution is -2.23. The number of likely N-dealkylation sites (tertiary alicyclic amines) is 1. The summed E-state index contributed by atoms with van der Waals surface area (Å²) >= 11 is 0. The summed E-state index contributed by atoms with van der Waals surface area (Å²) in [5, 5.41) is 0. The van der Waals surface area contributed by atoms with Crippen LogP contribution in [0, 0.1) is 0 Å². The molecule has 172 valence electrons. The lowest BCUT2D eigenvalue weighted by molar-refractivity contribution is 0.170. The first-order valence-corrected chi connectivity index (χ1v) is 13.0. The standard InChI is InChI=1S/C25H27N3O4S/c1-2-33(29,30)21-15-26-25(27-16-21)19-7-5-18(6-8-19)17-28-11-3-4-22(28)20-9-10-23-24(14-20)32-13-12-31-23/h5-10,14-16,22H,2-4,11-13,17H2,1H3/t22-/m0/s1. The topological polar surface area (TPSA) is 81.6 Å². The van der Waals surface area contributed by atoms with Crippen LogP contribution < -0.4 is 9.47 Å². The number of fused-ring (bicyclic) bond motifs is 1. The largest absolute Gasteiger partial charge is 0.486 e. The molecule has 2 aromatic carbocycles. The highest BCUT2D eigenvalue weighted by atomic mass is 32.2. The Morgan fingerprint density at radius 3 is 2.45 bits per heavy atom. The molecule has 0 spiro atoms. The molecule has 5 rings (SSSR count). The van der Waals surface area contributed by atoms with Gasteiger partial charge in [0.2, 0.25) is 0 Å². The van der Waals surface area contributed by atoms with Crippen molar-refractivity contribution in [1.29, 1.82) is 0 Å². The maximum Gasteiger partial charge on any atom is 0.181 e. The van der Waals surface area contributed by atoms with E-state index in [1.165, 1.54) is 23.5 Å². The second kappa shape index (κ2) is 9.11. The van der Waals surface area contributed by atoms with E-state index in [-0.39, 0.29) is 10.6 Å². The lowest BCUT2D eigenvalue weighted by Gasteiger charge is -2.26. The molecule has 2 aliphatic heterocycles. The summed E-state index contributed by atoms with van der Waals surface area (Å²) in [5.74, 6) is 2.22. The van der Waals surface area contributed by atoms with E-state index in [4.69, 9.17) is 9.47 Å². The van der Waals surface area contributed by atoms with Gasteiger partial charge in [0.1, 0.15) is 18.1 Å². The molecule has 3 heterocycles. The fourth-order valence-corrected chi connectivity index (χ4v) is 5.21. The van der Waals surface area contributed by atoms with Crippen LogP contribution in [0.5, 0.6) is 11.5 Å². The van der Waals surface area contributed by atoms with E-state index in [1.807, 2.05) is 18.2 Å². The van der Waals surface area contributed by atoms with Crippen molar-refractivity contribution in [3.05, 3.63) is 66.0 Å². The summed E-state index contributed by atoms with van der Waals surface area (Å²) in [4.78, 5) is 11.2. The highest BCUT2D eigenvalue weighted by Gasteiger charge is 2.27. The van der Waals surface area contributed by atoms with Crippen LogP contribution in [0.15, 0.2) is 59.8 Å². The Morgan fingerprint density at radius 1 is 1.00 bits per heavy atom. The summed E-state index contributed by atoms with van der Waals surface area (Å²) in [6.07, 6.45) is 5.06. The Balaban J connectivity index is 1.29. The van der Waals surface area contributed by atoms with Crippen LogP contribution in [0.1, 0.15) is 36.9 Å². The number of hydrogen-bond acceptors (Lipinski definition) is 7. The van der Waals surface area contributed by atoms with Crippen LogP contribution in [0.3, 0.4) is 0 Å². The molecule has 33 heavy (non-hydrogen) atoms. The first-order chi connectivity index (χ1) is 16.0. The third-order valence-corrected chi connectivity index (χ3v) is 7.97. The highest BCUT2D eigenvalue weighted by molar-refractivity contribution is 7.91. The second-order valence-corrected chi connectivity index (χ2v) is 10.7. The molecule has 0 aliphatic carbocycles. The Kier molecular flexibility index (Phi) is 6.03. The number of ether oxygens (including phenoxy) is 2. The molecular formula is C25H27N3O4S. The molecule has 8 heteroatoms. The van der Waals surface area contributed by atoms with Gasteiger partial charge in [0.25, 0.3) is 0 Å². The molecule has 0 unspecified atom stereocenters. The SMILES string of the molecule is CCS(=O)(=O)c1cnc(-c2ccc(CN3CCC[C@H]3c3ccc4c(c3)OCCO4)cc2)nc1. The van der Waals surface area contributed by atoms with E-state index in [0.29, 0.717) is 25.1 Å². The molecule has 0 bridgehead atoms. The monoisotopic (exact) mass is 465 g/mol. The fourth-order valence-electron chi connectivity index (χ4n) is 4.45. The zero-order valence-electron chi connectivity index (χ0n) is 18.6. The molecule has 1 aromatic heterocycles. The van der Waals surface area contributed by atoms with Gasteiger partial charge in [0.05, 0.1) is 5.75 Å². The minimum absolute atomic E-state index is 0.0359. The average molecular weight is 466 g/mol. The number of hydrogen-bond donors (Lipinski definition) is 0. The van der Waals surface area contributed by atoms with E-state index in [9.17, 15) is 8.42 Å². The Hall–Kier alpha value is -2.97. The third kappa shape index (κ3) is 4.58. The zero-order valence-corrected chi connectivity index (χ0v) is 19.4. The van der Waals surface area contributed by atoms with Crippen molar-refractivity contribution in [3.63, 3.8) is 0 Å². The predicted molar refractivity (Wildman–Crippen MR) is 125 cm³/mol. The number of rotatable bonds is 6. The van der Waals surface area contributed by atoms with Gasteiger partial charge in [-0.2, -0.15) is 0 Å². The molecule has 0 saturated carbocycles. The summed E-state index contributed by atoms with van der Waals surface area (Å²) in [7, 11) is -3.30. The van der Waals surface area contributed by atoms with Crippen LogP contribution in [-0.2, 0) is 16.4 Å². The van der Waals surface area contributed by atoms with Crippen molar-refractivity contribution in [1.82, 2.24) is 14.9 Å². The summed E-state index contributed by atoms with van der Waals surface area (Å²) in [6.45, 7) is 4.72. The molecular weight excluding hydrogens is 438 g/mol.